The molecule has 4 nitrogen and oxygen atoms in total. The quantitative estimate of drug-likeness (QED) is 0.657. The van der Waals surface area contributed by atoms with E-state index >= 15 is 0 Å². The Balaban J connectivity index is 2.03. The molecule has 2 rings (SSSR count). The van der Waals surface area contributed by atoms with E-state index in [0.29, 0.717) is 12.3 Å². The molecule has 0 aromatic heterocycles. The standard InChI is InChI=1S/C10H18N2O2/c11-9(13)7-8-1-4-12-10(8)2-5-14-6-3-10/h8,12H,1-7H2,(H2,11,13). The molecule has 80 valence electrons. The molecule has 0 aliphatic carbocycles. The summed E-state index contributed by atoms with van der Waals surface area (Å²) in [6.45, 7) is 2.63. The fraction of sp³-hybridized carbons (Fsp3) is 0.900. The van der Waals surface area contributed by atoms with Crippen LogP contribution in [0.3, 0.4) is 0 Å². The van der Waals surface area contributed by atoms with E-state index < -0.39 is 0 Å². The van der Waals surface area contributed by atoms with Crippen LogP contribution in [0.25, 0.3) is 0 Å². The van der Waals surface area contributed by atoms with E-state index in [9.17, 15) is 4.79 Å². The van der Waals surface area contributed by atoms with Crippen molar-refractivity contribution in [1.29, 1.82) is 0 Å². The molecule has 0 radical (unpaired) electrons. The fourth-order valence-corrected chi connectivity index (χ4v) is 2.78. The number of carbonyl (C=O) groups excluding carboxylic acids is 1. The van der Waals surface area contributed by atoms with E-state index in [1.807, 2.05) is 0 Å². The van der Waals surface area contributed by atoms with Crippen molar-refractivity contribution in [3.05, 3.63) is 0 Å². The maximum atomic E-state index is 10.9. The van der Waals surface area contributed by atoms with Crippen LogP contribution in [0, 0.1) is 5.92 Å². The van der Waals surface area contributed by atoms with Crippen molar-refractivity contribution in [1.82, 2.24) is 5.32 Å². The minimum Gasteiger partial charge on any atom is -0.381 e. The second kappa shape index (κ2) is 3.87. The molecular weight excluding hydrogens is 180 g/mol. The second-order valence-corrected chi connectivity index (χ2v) is 4.35. The van der Waals surface area contributed by atoms with Crippen LogP contribution >= 0.6 is 0 Å². The Morgan fingerprint density at radius 3 is 2.86 bits per heavy atom. The number of hydrogen-bond acceptors (Lipinski definition) is 3. The van der Waals surface area contributed by atoms with Crippen molar-refractivity contribution in [2.45, 2.75) is 31.2 Å². The van der Waals surface area contributed by atoms with E-state index in [4.69, 9.17) is 10.5 Å². The summed E-state index contributed by atoms with van der Waals surface area (Å²) in [5.41, 5.74) is 5.41. The molecule has 0 saturated carbocycles. The van der Waals surface area contributed by atoms with Gasteiger partial charge in [-0.25, -0.2) is 0 Å². The van der Waals surface area contributed by atoms with Gasteiger partial charge < -0.3 is 15.8 Å². The van der Waals surface area contributed by atoms with E-state index in [1.54, 1.807) is 0 Å². The molecule has 2 aliphatic heterocycles. The van der Waals surface area contributed by atoms with E-state index in [-0.39, 0.29) is 11.4 Å². The van der Waals surface area contributed by atoms with Crippen LogP contribution in [0.15, 0.2) is 0 Å². The van der Waals surface area contributed by atoms with Gasteiger partial charge in [0.2, 0.25) is 5.91 Å². The van der Waals surface area contributed by atoms with Gasteiger partial charge in [-0.2, -0.15) is 0 Å². The van der Waals surface area contributed by atoms with Gasteiger partial charge in [0, 0.05) is 25.2 Å². The molecule has 1 spiro atoms. The number of rotatable bonds is 2. The lowest BCUT2D eigenvalue weighted by Crippen LogP contribution is -2.50. The van der Waals surface area contributed by atoms with Gasteiger partial charge in [-0.3, -0.25) is 4.79 Å². The number of nitrogens with two attached hydrogens (primary N) is 1. The Labute approximate surface area is 84.2 Å². The molecule has 3 N–H and O–H groups in total. The van der Waals surface area contributed by atoms with Crippen LogP contribution < -0.4 is 11.1 Å². The van der Waals surface area contributed by atoms with Crippen molar-refractivity contribution in [2.24, 2.45) is 11.7 Å². The topological polar surface area (TPSA) is 64.4 Å². The fourth-order valence-electron chi connectivity index (χ4n) is 2.78. The SMILES string of the molecule is NC(=O)CC1CCNC12CCOCC2. The monoisotopic (exact) mass is 198 g/mol. The molecule has 1 unspecified atom stereocenters. The number of ether oxygens (including phenoxy) is 1. The zero-order valence-electron chi connectivity index (χ0n) is 8.42. The van der Waals surface area contributed by atoms with Gasteiger partial charge >= 0.3 is 0 Å². The number of hydrogen-bond donors (Lipinski definition) is 2. The third kappa shape index (κ3) is 1.77. The van der Waals surface area contributed by atoms with Crippen LogP contribution in [-0.4, -0.2) is 31.2 Å². The molecule has 14 heavy (non-hydrogen) atoms. The normalized spacial score (nSPS) is 30.7. The molecule has 1 amide bonds. The Morgan fingerprint density at radius 2 is 2.21 bits per heavy atom. The predicted molar refractivity (Wildman–Crippen MR) is 52.7 cm³/mol. The summed E-state index contributed by atoms with van der Waals surface area (Å²) in [7, 11) is 0. The lowest BCUT2D eigenvalue weighted by atomic mass is 9.77. The Hall–Kier alpha value is -0.610. The first-order valence-electron chi connectivity index (χ1n) is 5.34. The van der Waals surface area contributed by atoms with Crippen LogP contribution in [0.2, 0.25) is 0 Å². The van der Waals surface area contributed by atoms with Gasteiger partial charge in [0.15, 0.2) is 0 Å². The Kier molecular flexibility index (Phi) is 2.74. The molecule has 1 atom stereocenters. The van der Waals surface area contributed by atoms with Crippen molar-refractivity contribution >= 4 is 5.91 Å². The molecule has 4 heteroatoms. The van der Waals surface area contributed by atoms with Crippen LogP contribution in [0.4, 0.5) is 0 Å². The number of amides is 1. The van der Waals surface area contributed by atoms with Crippen molar-refractivity contribution in [3.63, 3.8) is 0 Å². The number of nitrogens with one attached hydrogen (secondary N) is 1. The van der Waals surface area contributed by atoms with E-state index in [0.717, 1.165) is 39.0 Å². The zero-order valence-corrected chi connectivity index (χ0v) is 8.42. The van der Waals surface area contributed by atoms with Crippen LogP contribution in [0.1, 0.15) is 25.7 Å². The van der Waals surface area contributed by atoms with Crippen LogP contribution in [0.5, 0.6) is 0 Å². The summed E-state index contributed by atoms with van der Waals surface area (Å²) in [6, 6.07) is 0. The second-order valence-electron chi connectivity index (χ2n) is 4.35. The smallest absolute Gasteiger partial charge is 0.217 e. The summed E-state index contributed by atoms with van der Waals surface area (Å²) in [5, 5.41) is 3.54. The highest BCUT2D eigenvalue weighted by Crippen LogP contribution is 2.37. The van der Waals surface area contributed by atoms with Gasteiger partial charge in [-0.05, 0) is 31.7 Å². The summed E-state index contributed by atoms with van der Waals surface area (Å²) in [5.74, 6) is 0.244. The third-order valence-corrected chi connectivity index (χ3v) is 3.58. The maximum Gasteiger partial charge on any atom is 0.217 e. The zero-order chi connectivity index (χ0) is 10.0. The first-order chi connectivity index (χ1) is 6.73. The van der Waals surface area contributed by atoms with Crippen molar-refractivity contribution in [2.75, 3.05) is 19.8 Å². The average Bonchev–Trinajstić information content (AvgIpc) is 2.50. The van der Waals surface area contributed by atoms with Gasteiger partial charge in [0.1, 0.15) is 0 Å². The molecule has 0 aromatic carbocycles. The molecule has 2 aliphatic rings. The number of primary amides is 1. The van der Waals surface area contributed by atoms with Gasteiger partial charge in [-0.1, -0.05) is 0 Å². The molecule has 2 heterocycles. The first kappa shape index (κ1) is 9.93. The summed E-state index contributed by atoms with van der Waals surface area (Å²) in [6.07, 6.45) is 3.63. The summed E-state index contributed by atoms with van der Waals surface area (Å²) < 4.78 is 5.35. The Morgan fingerprint density at radius 1 is 1.50 bits per heavy atom. The lowest BCUT2D eigenvalue weighted by molar-refractivity contribution is -0.119. The van der Waals surface area contributed by atoms with Crippen LogP contribution in [-0.2, 0) is 9.53 Å². The van der Waals surface area contributed by atoms with Gasteiger partial charge in [-0.15, -0.1) is 0 Å². The molecule has 0 aromatic rings. The van der Waals surface area contributed by atoms with Crippen molar-refractivity contribution < 1.29 is 9.53 Å². The van der Waals surface area contributed by atoms with Gasteiger partial charge in [0.25, 0.3) is 0 Å². The molecule has 2 saturated heterocycles. The molecular formula is C10H18N2O2. The highest BCUT2D eigenvalue weighted by molar-refractivity contribution is 5.74. The van der Waals surface area contributed by atoms with E-state index in [1.165, 1.54) is 0 Å². The average molecular weight is 198 g/mol. The summed E-state index contributed by atoms with van der Waals surface area (Å²) >= 11 is 0. The predicted octanol–water partition coefficient (Wildman–Crippen LogP) is 0.0205. The Bertz CT molecular complexity index is 224. The molecule has 2 fully saturated rings. The van der Waals surface area contributed by atoms with Crippen molar-refractivity contribution in [3.8, 4) is 0 Å². The molecule has 0 bridgehead atoms. The largest absolute Gasteiger partial charge is 0.381 e. The van der Waals surface area contributed by atoms with Gasteiger partial charge in [0.05, 0.1) is 0 Å². The lowest BCUT2D eigenvalue weighted by Gasteiger charge is -2.38. The highest BCUT2D eigenvalue weighted by atomic mass is 16.5. The minimum absolute atomic E-state index is 0.146. The van der Waals surface area contributed by atoms with E-state index in [2.05, 4.69) is 5.32 Å². The first-order valence-corrected chi connectivity index (χ1v) is 5.34. The summed E-state index contributed by atoms with van der Waals surface area (Å²) in [4.78, 5) is 10.9. The highest BCUT2D eigenvalue weighted by Gasteiger charge is 2.43. The number of carbonyl (C=O) groups is 1. The maximum absolute atomic E-state index is 10.9. The third-order valence-electron chi connectivity index (χ3n) is 3.58. The minimum atomic E-state index is -0.176.